The van der Waals surface area contributed by atoms with Crippen LogP contribution in [0.1, 0.15) is 23.6 Å². The lowest BCUT2D eigenvalue weighted by atomic mass is 9.96. The molecule has 0 radical (unpaired) electrons. The fourth-order valence-corrected chi connectivity index (χ4v) is 5.69. The van der Waals surface area contributed by atoms with Crippen molar-refractivity contribution in [1.82, 2.24) is 20.0 Å². The molecule has 3 amide bonds. The number of rotatable bonds is 8. The van der Waals surface area contributed by atoms with E-state index in [4.69, 9.17) is 11.6 Å². The summed E-state index contributed by atoms with van der Waals surface area (Å²) in [6.45, 7) is 4.05. The summed E-state index contributed by atoms with van der Waals surface area (Å²) >= 11 is 6.16. The molecule has 0 bridgehead atoms. The molecule has 2 N–H and O–H groups in total. The van der Waals surface area contributed by atoms with E-state index in [0.717, 1.165) is 26.2 Å². The molecule has 3 aromatic carbocycles. The molecule has 208 valence electrons. The van der Waals surface area contributed by atoms with Gasteiger partial charge in [0, 0.05) is 39.3 Å². The Kier molecular flexibility index (Phi) is 9.11. The smallest absolute Gasteiger partial charge is 0.243 e. The molecule has 0 aromatic heterocycles. The van der Waals surface area contributed by atoms with Crippen LogP contribution in [-0.2, 0) is 14.4 Å². The third-order valence-electron chi connectivity index (χ3n) is 7.54. The summed E-state index contributed by atoms with van der Waals surface area (Å²) in [4.78, 5) is 45.0. The number of benzene rings is 3. The van der Waals surface area contributed by atoms with Gasteiger partial charge in [0.15, 0.2) is 0 Å². The summed E-state index contributed by atoms with van der Waals surface area (Å²) in [5.41, 5.74) is 2.97. The van der Waals surface area contributed by atoms with Crippen LogP contribution in [0, 0.1) is 0 Å². The lowest BCUT2D eigenvalue weighted by Crippen LogP contribution is -2.60. The Hall–Kier alpha value is -3.72. The predicted octanol–water partition coefficient (Wildman–Crippen LogP) is 3.40. The first-order valence-corrected chi connectivity index (χ1v) is 14.1. The van der Waals surface area contributed by atoms with Crippen LogP contribution in [0.3, 0.4) is 0 Å². The van der Waals surface area contributed by atoms with Crippen LogP contribution in [0.4, 0.5) is 5.69 Å². The molecule has 0 spiro atoms. The van der Waals surface area contributed by atoms with Gasteiger partial charge in [-0.05, 0) is 23.3 Å². The molecular formula is C31H34ClN5O3. The molecule has 8 nitrogen and oxygen atoms in total. The van der Waals surface area contributed by atoms with Crippen LogP contribution in [0.2, 0.25) is 5.02 Å². The van der Waals surface area contributed by atoms with Crippen LogP contribution in [-0.4, -0.2) is 84.3 Å². The molecule has 1 atom stereocenters. The van der Waals surface area contributed by atoms with Gasteiger partial charge in [-0.2, -0.15) is 0 Å². The van der Waals surface area contributed by atoms with Gasteiger partial charge in [0.25, 0.3) is 0 Å². The van der Waals surface area contributed by atoms with E-state index in [1.807, 2.05) is 12.1 Å². The van der Waals surface area contributed by atoms with Crippen molar-refractivity contribution in [2.75, 3.05) is 51.1 Å². The minimum absolute atomic E-state index is 0.133. The molecule has 40 heavy (non-hydrogen) atoms. The summed E-state index contributed by atoms with van der Waals surface area (Å²) in [5.74, 6) is -0.816. The highest BCUT2D eigenvalue weighted by Crippen LogP contribution is 2.29. The molecule has 2 fully saturated rings. The third-order valence-corrected chi connectivity index (χ3v) is 7.87. The first-order valence-electron chi connectivity index (χ1n) is 13.7. The second-order valence-corrected chi connectivity index (χ2v) is 10.6. The SMILES string of the molecule is O=C(CC1C(=O)NCCN1C(=O)CN1CCN(C(c2ccccc2)c2ccccc2)CC1)Nc1ccccc1Cl. The molecule has 2 aliphatic heterocycles. The van der Waals surface area contributed by atoms with Crippen molar-refractivity contribution in [3.8, 4) is 0 Å². The van der Waals surface area contributed by atoms with Crippen LogP contribution in [0.5, 0.6) is 0 Å². The third kappa shape index (κ3) is 6.70. The van der Waals surface area contributed by atoms with Crippen LogP contribution >= 0.6 is 11.6 Å². The Balaban J connectivity index is 1.20. The first kappa shape index (κ1) is 27.8. The van der Waals surface area contributed by atoms with Gasteiger partial charge in [0.1, 0.15) is 6.04 Å². The van der Waals surface area contributed by atoms with E-state index >= 15 is 0 Å². The van der Waals surface area contributed by atoms with E-state index in [1.165, 1.54) is 11.1 Å². The maximum absolute atomic E-state index is 13.4. The minimum atomic E-state index is -0.856. The number of amides is 3. The lowest BCUT2D eigenvalue weighted by molar-refractivity contribution is -0.145. The van der Waals surface area contributed by atoms with Crippen molar-refractivity contribution in [2.24, 2.45) is 0 Å². The van der Waals surface area contributed by atoms with E-state index in [1.54, 1.807) is 29.2 Å². The van der Waals surface area contributed by atoms with Crippen molar-refractivity contribution >= 4 is 35.0 Å². The Morgan fingerprint density at radius 3 is 2.08 bits per heavy atom. The minimum Gasteiger partial charge on any atom is -0.353 e. The molecule has 2 aliphatic rings. The average Bonchev–Trinajstić information content (AvgIpc) is 2.97. The summed E-state index contributed by atoms with van der Waals surface area (Å²) in [6.07, 6.45) is -0.133. The van der Waals surface area contributed by atoms with Crippen LogP contribution in [0.15, 0.2) is 84.9 Å². The summed E-state index contributed by atoms with van der Waals surface area (Å²) < 4.78 is 0. The maximum atomic E-state index is 13.4. The number of halogens is 1. The topological polar surface area (TPSA) is 85.0 Å². The van der Waals surface area contributed by atoms with E-state index in [9.17, 15) is 14.4 Å². The number of para-hydroxylation sites is 1. The van der Waals surface area contributed by atoms with E-state index in [-0.39, 0.29) is 36.7 Å². The number of carbonyl (C=O) groups excluding carboxylic acids is 3. The zero-order chi connectivity index (χ0) is 27.9. The molecule has 2 heterocycles. The molecule has 0 saturated carbocycles. The van der Waals surface area contributed by atoms with Gasteiger partial charge < -0.3 is 15.5 Å². The zero-order valence-electron chi connectivity index (χ0n) is 22.3. The molecule has 5 rings (SSSR count). The van der Waals surface area contributed by atoms with Crippen LogP contribution in [0.25, 0.3) is 0 Å². The number of carbonyl (C=O) groups is 3. The summed E-state index contributed by atoms with van der Waals surface area (Å²) in [7, 11) is 0. The molecule has 2 saturated heterocycles. The van der Waals surface area contributed by atoms with E-state index < -0.39 is 6.04 Å². The number of nitrogens with one attached hydrogen (secondary N) is 2. The highest BCUT2D eigenvalue weighted by molar-refractivity contribution is 6.33. The standard InChI is InChI=1S/C31H34ClN5O3/c32-25-13-7-8-14-26(25)34-28(38)21-27-31(40)33-15-16-37(27)29(39)22-35-17-19-36(20-18-35)30(23-9-3-1-4-10-23)24-11-5-2-6-12-24/h1-14,27,30H,15-22H2,(H,33,40)(H,34,38). The van der Waals surface area contributed by atoms with Gasteiger partial charge in [0.2, 0.25) is 17.7 Å². The Bertz CT molecular complexity index is 1280. The molecular weight excluding hydrogens is 526 g/mol. The highest BCUT2D eigenvalue weighted by atomic mass is 35.5. The number of piperazine rings is 2. The Morgan fingerprint density at radius 1 is 0.850 bits per heavy atom. The number of hydrogen-bond acceptors (Lipinski definition) is 5. The monoisotopic (exact) mass is 559 g/mol. The quantitative estimate of drug-likeness (QED) is 0.442. The fourth-order valence-electron chi connectivity index (χ4n) is 5.50. The Morgan fingerprint density at radius 2 is 1.45 bits per heavy atom. The normalized spacial score (nSPS) is 18.4. The molecule has 9 heteroatoms. The average molecular weight is 560 g/mol. The molecule has 0 aliphatic carbocycles. The summed E-state index contributed by atoms with van der Waals surface area (Å²) in [5, 5.41) is 5.96. The van der Waals surface area contributed by atoms with Gasteiger partial charge in [-0.25, -0.2) is 0 Å². The first-order chi connectivity index (χ1) is 19.5. The van der Waals surface area contributed by atoms with Gasteiger partial charge in [-0.15, -0.1) is 0 Å². The number of nitrogens with zero attached hydrogens (tertiary/aromatic N) is 3. The van der Waals surface area contributed by atoms with Crippen molar-refractivity contribution in [3.63, 3.8) is 0 Å². The number of hydrogen-bond donors (Lipinski definition) is 2. The highest BCUT2D eigenvalue weighted by Gasteiger charge is 2.36. The fraction of sp³-hybridized carbons (Fsp3) is 0.323. The van der Waals surface area contributed by atoms with Gasteiger partial charge in [-0.1, -0.05) is 84.4 Å². The second kappa shape index (κ2) is 13.1. The van der Waals surface area contributed by atoms with Crippen LogP contribution < -0.4 is 10.6 Å². The Labute approximate surface area is 239 Å². The van der Waals surface area contributed by atoms with Crippen molar-refractivity contribution in [3.05, 3.63) is 101 Å². The van der Waals surface area contributed by atoms with Crippen molar-refractivity contribution < 1.29 is 14.4 Å². The van der Waals surface area contributed by atoms with Gasteiger partial charge >= 0.3 is 0 Å². The molecule has 1 unspecified atom stereocenters. The molecule has 3 aromatic rings. The van der Waals surface area contributed by atoms with Gasteiger partial charge in [0.05, 0.1) is 29.7 Å². The van der Waals surface area contributed by atoms with E-state index in [2.05, 4.69) is 69.0 Å². The predicted molar refractivity (Wildman–Crippen MR) is 156 cm³/mol. The van der Waals surface area contributed by atoms with Crippen molar-refractivity contribution in [1.29, 1.82) is 0 Å². The van der Waals surface area contributed by atoms with E-state index in [0.29, 0.717) is 23.8 Å². The van der Waals surface area contributed by atoms with Crippen molar-refractivity contribution in [2.45, 2.75) is 18.5 Å². The largest absolute Gasteiger partial charge is 0.353 e. The lowest BCUT2D eigenvalue weighted by Gasteiger charge is -2.41. The van der Waals surface area contributed by atoms with Gasteiger partial charge in [-0.3, -0.25) is 24.2 Å². The zero-order valence-corrected chi connectivity index (χ0v) is 23.1. The summed E-state index contributed by atoms with van der Waals surface area (Å²) in [6, 6.07) is 27.2. The number of anilines is 1. The second-order valence-electron chi connectivity index (χ2n) is 10.2. The maximum Gasteiger partial charge on any atom is 0.243 e.